The minimum atomic E-state index is -0.596. The molecule has 0 spiro atoms. The first kappa shape index (κ1) is 29.2. The number of aromatic nitrogens is 5. The molecule has 0 aliphatic carbocycles. The minimum absolute atomic E-state index is 0.0746. The van der Waals surface area contributed by atoms with Gasteiger partial charge >= 0.3 is 0 Å². The van der Waals surface area contributed by atoms with Gasteiger partial charge in [0, 0.05) is 42.1 Å². The van der Waals surface area contributed by atoms with Gasteiger partial charge in [0.05, 0.1) is 11.8 Å². The van der Waals surface area contributed by atoms with E-state index in [1.165, 1.54) is 41.1 Å². The number of ether oxygens (including phenoxy) is 1. The number of benzene rings is 3. The molecule has 7 aromatic rings. The molecule has 1 amide bonds. The number of amides is 1. The van der Waals surface area contributed by atoms with E-state index < -0.39 is 17.3 Å². The van der Waals surface area contributed by atoms with E-state index in [1.807, 2.05) is 31.4 Å². The number of anilines is 2. The Labute approximate surface area is 266 Å². The van der Waals surface area contributed by atoms with Gasteiger partial charge in [-0.3, -0.25) is 18.8 Å². The van der Waals surface area contributed by atoms with Crippen LogP contribution in [0, 0.1) is 12.7 Å². The van der Waals surface area contributed by atoms with Gasteiger partial charge < -0.3 is 20.2 Å². The first-order chi connectivity index (χ1) is 22.7. The molecule has 0 aliphatic heterocycles. The van der Waals surface area contributed by atoms with E-state index in [1.54, 1.807) is 54.2 Å². The van der Waals surface area contributed by atoms with Crippen molar-refractivity contribution in [2.24, 2.45) is 7.05 Å². The van der Waals surface area contributed by atoms with Crippen molar-refractivity contribution in [3.8, 4) is 39.8 Å². The molecular weight excluding hydrogens is 601 g/mol. The van der Waals surface area contributed by atoms with Crippen LogP contribution in [0.15, 0.2) is 113 Å². The van der Waals surface area contributed by atoms with Crippen LogP contribution in [0.25, 0.3) is 39.2 Å². The number of nitrogens with two attached hydrogens (primary N) is 1. The number of aryl methyl sites for hydroxylation is 2. The number of hydrogen-bond acceptors (Lipinski definition) is 8. The Balaban J connectivity index is 1.20. The van der Waals surface area contributed by atoms with E-state index in [-0.39, 0.29) is 11.4 Å². The lowest BCUT2D eigenvalue weighted by molar-refractivity contribution is 0.102. The monoisotopic (exact) mass is 627 g/mol. The lowest BCUT2D eigenvalue weighted by Crippen LogP contribution is -2.27. The zero-order valence-electron chi connectivity index (χ0n) is 25.1. The van der Waals surface area contributed by atoms with Gasteiger partial charge in [0.15, 0.2) is 0 Å². The zero-order valence-corrected chi connectivity index (χ0v) is 25.1. The highest BCUT2D eigenvalue weighted by molar-refractivity contribution is 6.04. The summed E-state index contributed by atoms with van der Waals surface area (Å²) in [6.45, 7) is 1.74. The van der Waals surface area contributed by atoms with Crippen LogP contribution in [0.1, 0.15) is 16.2 Å². The van der Waals surface area contributed by atoms with Crippen LogP contribution in [0.3, 0.4) is 0 Å². The molecule has 3 N–H and O–H groups in total. The number of carbonyl (C=O) groups is 1. The molecule has 11 nitrogen and oxygen atoms in total. The summed E-state index contributed by atoms with van der Waals surface area (Å²) in [5.41, 5.74) is 9.55. The highest BCUT2D eigenvalue weighted by atomic mass is 19.1. The van der Waals surface area contributed by atoms with E-state index >= 15 is 0 Å². The SMILES string of the molecule is Cc1nc(Oc2ccc(NC(=O)c3cccn(-c4ccc(F)cc4)c3=O)cc2)c2c(-c3cccc(N)c3)c(-c3cnn(C)c3)oc2n1. The molecule has 0 bridgehead atoms. The normalized spacial score (nSPS) is 11.1. The largest absolute Gasteiger partial charge is 0.438 e. The summed E-state index contributed by atoms with van der Waals surface area (Å²) in [4.78, 5) is 35.3. The number of furan rings is 1. The third kappa shape index (κ3) is 5.71. The molecule has 7 rings (SSSR count). The Hall–Kier alpha value is -6.56. The molecule has 3 aromatic carbocycles. The van der Waals surface area contributed by atoms with Gasteiger partial charge in [-0.1, -0.05) is 12.1 Å². The van der Waals surface area contributed by atoms with Gasteiger partial charge in [-0.15, -0.1) is 0 Å². The molecule has 0 atom stereocenters. The summed E-state index contributed by atoms with van der Waals surface area (Å²) < 4.78 is 28.9. The fraction of sp³-hybridized carbons (Fsp3) is 0.0571. The van der Waals surface area contributed by atoms with Crippen molar-refractivity contribution in [3.63, 3.8) is 0 Å². The molecule has 12 heteroatoms. The number of nitrogen functional groups attached to an aromatic ring is 1. The maximum absolute atomic E-state index is 13.4. The highest BCUT2D eigenvalue weighted by Crippen LogP contribution is 2.44. The summed E-state index contributed by atoms with van der Waals surface area (Å²) in [5.74, 6) is 0.663. The zero-order chi connectivity index (χ0) is 32.7. The second kappa shape index (κ2) is 11.7. The first-order valence-corrected chi connectivity index (χ1v) is 14.5. The maximum Gasteiger partial charge on any atom is 0.267 e. The van der Waals surface area contributed by atoms with Gasteiger partial charge in [-0.25, -0.2) is 4.39 Å². The molecule has 4 aromatic heterocycles. The first-order valence-electron chi connectivity index (χ1n) is 14.5. The van der Waals surface area contributed by atoms with Crippen molar-refractivity contribution in [2.75, 3.05) is 11.1 Å². The van der Waals surface area contributed by atoms with Crippen molar-refractivity contribution in [1.29, 1.82) is 0 Å². The lowest BCUT2D eigenvalue weighted by Gasteiger charge is -2.11. The van der Waals surface area contributed by atoms with Crippen molar-refractivity contribution >= 4 is 28.4 Å². The predicted octanol–water partition coefficient (Wildman–Crippen LogP) is 6.52. The molecule has 4 heterocycles. The summed E-state index contributed by atoms with van der Waals surface area (Å²) >= 11 is 0. The Kier molecular flexibility index (Phi) is 7.29. The quantitative estimate of drug-likeness (QED) is 0.190. The molecule has 0 fully saturated rings. The van der Waals surface area contributed by atoms with Crippen molar-refractivity contribution in [1.82, 2.24) is 24.3 Å². The molecule has 232 valence electrons. The van der Waals surface area contributed by atoms with Crippen molar-refractivity contribution in [2.45, 2.75) is 6.92 Å². The average molecular weight is 628 g/mol. The Morgan fingerprint density at radius 3 is 2.49 bits per heavy atom. The molecule has 47 heavy (non-hydrogen) atoms. The van der Waals surface area contributed by atoms with Gasteiger partial charge in [0.1, 0.15) is 34.1 Å². The molecular formula is C35H26FN7O4. The van der Waals surface area contributed by atoms with E-state index in [0.717, 1.165) is 11.1 Å². The van der Waals surface area contributed by atoms with Crippen LogP contribution in [0.5, 0.6) is 11.6 Å². The number of fused-ring (bicyclic) bond motifs is 1. The van der Waals surface area contributed by atoms with Crippen molar-refractivity contribution < 1.29 is 18.3 Å². The third-order valence-electron chi connectivity index (χ3n) is 7.40. The standard InChI is InChI=1S/C35H26FN7O4/c1-20-39-33(30-29(21-5-3-6-24(37)17-21)31(47-34(30)40-20)22-18-38-42(2)19-22)46-27-14-10-25(11-15-27)41-32(44)28-7-4-16-43(35(28)45)26-12-8-23(36)9-13-26/h3-19H,37H2,1-2H3,(H,41,44). The predicted molar refractivity (Wildman–Crippen MR) is 175 cm³/mol. The van der Waals surface area contributed by atoms with Crippen LogP contribution < -0.4 is 21.3 Å². The Bertz CT molecular complexity index is 2340. The number of nitrogens with zero attached hydrogens (tertiary/aromatic N) is 5. The second-order valence-corrected chi connectivity index (χ2v) is 10.7. The number of carbonyl (C=O) groups excluding carboxylic acids is 1. The summed E-state index contributed by atoms with van der Waals surface area (Å²) in [6, 6.07) is 22.5. The van der Waals surface area contributed by atoms with Crippen molar-refractivity contribution in [3.05, 3.63) is 131 Å². The van der Waals surface area contributed by atoms with Gasteiger partial charge in [-0.05, 0) is 85.3 Å². The number of halogens is 1. The van der Waals surface area contributed by atoms with E-state index in [4.69, 9.17) is 14.9 Å². The Morgan fingerprint density at radius 1 is 0.979 bits per heavy atom. The number of pyridine rings is 1. The lowest BCUT2D eigenvalue weighted by atomic mass is 10.0. The van der Waals surface area contributed by atoms with E-state index in [9.17, 15) is 14.0 Å². The maximum atomic E-state index is 13.4. The number of nitrogens with one attached hydrogen (secondary N) is 1. The molecule has 0 unspecified atom stereocenters. The Morgan fingerprint density at radius 2 is 1.77 bits per heavy atom. The molecule has 0 radical (unpaired) electrons. The number of rotatable bonds is 7. The van der Waals surface area contributed by atoms with E-state index in [0.29, 0.717) is 51.1 Å². The fourth-order valence-electron chi connectivity index (χ4n) is 5.24. The third-order valence-corrected chi connectivity index (χ3v) is 7.40. The van der Waals surface area contributed by atoms with Gasteiger partial charge in [-0.2, -0.15) is 15.1 Å². The fourth-order valence-corrected chi connectivity index (χ4v) is 5.24. The molecule has 0 saturated heterocycles. The van der Waals surface area contributed by atoms with Gasteiger partial charge in [0.2, 0.25) is 11.6 Å². The molecule has 0 aliphatic rings. The summed E-state index contributed by atoms with van der Waals surface area (Å²) in [7, 11) is 1.82. The number of hydrogen-bond donors (Lipinski definition) is 2. The van der Waals surface area contributed by atoms with Crippen LogP contribution >= 0.6 is 0 Å². The van der Waals surface area contributed by atoms with Crippen LogP contribution in [-0.4, -0.2) is 30.2 Å². The van der Waals surface area contributed by atoms with Crippen LogP contribution in [-0.2, 0) is 7.05 Å². The minimum Gasteiger partial charge on any atom is -0.438 e. The van der Waals surface area contributed by atoms with Gasteiger partial charge in [0.25, 0.3) is 11.5 Å². The average Bonchev–Trinajstić information content (AvgIpc) is 3.66. The second-order valence-electron chi connectivity index (χ2n) is 10.7. The smallest absolute Gasteiger partial charge is 0.267 e. The van der Waals surface area contributed by atoms with E-state index in [2.05, 4.69) is 20.4 Å². The summed E-state index contributed by atoms with van der Waals surface area (Å²) in [6.07, 6.45) is 5.06. The van der Waals surface area contributed by atoms with Crippen LogP contribution in [0.2, 0.25) is 0 Å². The topological polar surface area (TPSA) is 143 Å². The summed E-state index contributed by atoms with van der Waals surface area (Å²) in [5, 5.41) is 7.60. The van der Waals surface area contributed by atoms with Crippen LogP contribution in [0.4, 0.5) is 15.8 Å². The molecule has 0 saturated carbocycles. The highest BCUT2D eigenvalue weighted by Gasteiger charge is 2.25.